The molecule has 4 rings (SSSR count). The number of benzene rings is 1. The van der Waals surface area contributed by atoms with Crippen LogP contribution in [0.3, 0.4) is 0 Å². The van der Waals surface area contributed by atoms with Gasteiger partial charge >= 0.3 is 6.09 Å². The number of hydrogen-bond acceptors (Lipinski definition) is 9. The van der Waals surface area contributed by atoms with Crippen LogP contribution in [0.5, 0.6) is 0 Å². The van der Waals surface area contributed by atoms with Gasteiger partial charge in [-0.15, -0.1) is 10.2 Å². The number of amides is 1. The highest BCUT2D eigenvalue weighted by molar-refractivity contribution is 7.98. The van der Waals surface area contributed by atoms with E-state index in [0.717, 1.165) is 53.3 Å². The third kappa shape index (κ3) is 7.46. The van der Waals surface area contributed by atoms with Gasteiger partial charge in [0, 0.05) is 56.3 Å². The van der Waals surface area contributed by atoms with Crippen LogP contribution in [0.25, 0.3) is 0 Å². The average molecular weight is 524 g/mol. The summed E-state index contributed by atoms with van der Waals surface area (Å²) in [7, 11) is 1.99. The van der Waals surface area contributed by atoms with Crippen molar-refractivity contribution in [1.82, 2.24) is 19.7 Å². The lowest BCUT2D eigenvalue weighted by Crippen LogP contribution is -2.36. The summed E-state index contributed by atoms with van der Waals surface area (Å²) < 4.78 is 12.6. The lowest BCUT2D eigenvalue weighted by atomic mass is 10.2. The molecular weight excluding hydrogens is 490 g/mol. The van der Waals surface area contributed by atoms with E-state index in [9.17, 15) is 4.79 Å². The maximum Gasteiger partial charge on any atom is 0.411 e. The number of aromatic nitrogens is 4. The molecule has 1 amide bonds. The molecule has 2 aromatic heterocycles. The van der Waals surface area contributed by atoms with Crippen molar-refractivity contribution in [3.05, 3.63) is 66.1 Å². The number of carbonyl (C=O) groups excluding carboxylic acids is 1. The van der Waals surface area contributed by atoms with Gasteiger partial charge in [-0.1, -0.05) is 43.5 Å². The topological polar surface area (TPSA) is 106 Å². The Morgan fingerprint density at radius 2 is 2.08 bits per heavy atom. The second-order valence-corrected chi connectivity index (χ2v) is 9.41. The monoisotopic (exact) mass is 523 g/mol. The summed E-state index contributed by atoms with van der Waals surface area (Å²) in [5.41, 5.74) is 3.74. The smallest absolute Gasteiger partial charge is 0.411 e. The third-order valence-corrected chi connectivity index (χ3v) is 6.86. The summed E-state index contributed by atoms with van der Waals surface area (Å²) in [6.45, 7) is 9.44. The maximum atomic E-state index is 11.9. The number of morpholine rings is 1. The molecule has 2 N–H and O–H groups in total. The lowest BCUT2D eigenvalue weighted by molar-refractivity contribution is 0.122. The fourth-order valence-corrected chi connectivity index (χ4v) is 4.72. The normalized spacial score (nSPS) is 13.3. The number of nitrogens with one attached hydrogen (secondary N) is 2. The molecule has 0 aliphatic carbocycles. The van der Waals surface area contributed by atoms with Crippen molar-refractivity contribution in [1.29, 1.82) is 0 Å². The summed E-state index contributed by atoms with van der Waals surface area (Å²) in [6, 6.07) is 11.8. The predicted octanol–water partition coefficient (Wildman–Crippen LogP) is 4.25. The van der Waals surface area contributed by atoms with Crippen molar-refractivity contribution in [3.8, 4) is 0 Å². The molecular formula is C26H33N7O3S. The molecule has 37 heavy (non-hydrogen) atoms. The van der Waals surface area contributed by atoms with Crippen molar-refractivity contribution < 1.29 is 14.3 Å². The van der Waals surface area contributed by atoms with E-state index in [2.05, 4.69) is 51.4 Å². The van der Waals surface area contributed by atoms with E-state index < -0.39 is 6.09 Å². The molecule has 10 nitrogen and oxygen atoms in total. The number of ether oxygens (including phenoxy) is 2. The summed E-state index contributed by atoms with van der Waals surface area (Å²) in [6.07, 6.45) is 1.86. The first-order valence-corrected chi connectivity index (χ1v) is 13.3. The van der Waals surface area contributed by atoms with E-state index in [1.807, 2.05) is 35.9 Å². The first kappa shape index (κ1) is 26.5. The number of aryl methyl sites for hydroxylation is 1. The zero-order valence-electron chi connectivity index (χ0n) is 21.3. The molecule has 1 aliphatic rings. The highest BCUT2D eigenvalue weighted by Crippen LogP contribution is 2.26. The van der Waals surface area contributed by atoms with Crippen LogP contribution in [-0.4, -0.2) is 58.8 Å². The molecule has 1 fully saturated rings. The largest absolute Gasteiger partial charge is 0.445 e. The Labute approximate surface area is 221 Å². The van der Waals surface area contributed by atoms with Crippen molar-refractivity contribution in [2.45, 2.75) is 30.8 Å². The SMILES string of the molecule is C=CCOC(=O)Nc1cccc(CNc2cc(N3CCOCC3)cc(CSc3nnc(CC)n3C)n2)c1. The van der Waals surface area contributed by atoms with Crippen LogP contribution in [0.1, 0.15) is 24.0 Å². The molecule has 0 atom stereocenters. The van der Waals surface area contributed by atoms with Crippen LogP contribution in [0.15, 0.2) is 54.2 Å². The van der Waals surface area contributed by atoms with Gasteiger partial charge in [-0.05, 0) is 23.8 Å². The molecule has 1 saturated heterocycles. The number of hydrogen-bond donors (Lipinski definition) is 2. The van der Waals surface area contributed by atoms with E-state index in [0.29, 0.717) is 31.2 Å². The van der Waals surface area contributed by atoms with Crippen molar-refractivity contribution in [2.75, 3.05) is 48.4 Å². The molecule has 11 heteroatoms. The van der Waals surface area contributed by atoms with Gasteiger partial charge in [0.25, 0.3) is 0 Å². The summed E-state index contributed by atoms with van der Waals surface area (Å²) in [5.74, 6) is 2.43. The highest BCUT2D eigenvalue weighted by atomic mass is 32.2. The minimum atomic E-state index is -0.513. The van der Waals surface area contributed by atoms with E-state index in [1.54, 1.807) is 11.8 Å². The van der Waals surface area contributed by atoms with E-state index in [-0.39, 0.29) is 6.61 Å². The number of rotatable bonds is 11. The minimum Gasteiger partial charge on any atom is -0.445 e. The standard InChI is InChI=1S/C26H33N7O3S/c1-4-11-36-26(34)29-20-8-6-7-19(14-20)17-27-23-16-22(33-9-12-35-13-10-33)15-21(28-23)18-37-25-31-30-24(5-2)32(25)3/h4,6-8,14-16H,1,5,9-13,17-18H2,2-3H3,(H,27,28)(H,29,34). The molecule has 1 aromatic carbocycles. The van der Waals surface area contributed by atoms with Gasteiger partial charge in [-0.25, -0.2) is 9.78 Å². The van der Waals surface area contributed by atoms with E-state index in [1.165, 1.54) is 6.08 Å². The second-order valence-electron chi connectivity index (χ2n) is 8.47. The molecule has 1 aliphatic heterocycles. The van der Waals surface area contributed by atoms with Gasteiger partial charge in [0.05, 0.1) is 18.9 Å². The van der Waals surface area contributed by atoms with E-state index >= 15 is 0 Å². The Hall–Kier alpha value is -3.57. The van der Waals surface area contributed by atoms with E-state index in [4.69, 9.17) is 14.5 Å². The number of pyridine rings is 1. The molecule has 0 unspecified atom stereocenters. The highest BCUT2D eigenvalue weighted by Gasteiger charge is 2.15. The maximum absolute atomic E-state index is 11.9. The number of nitrogens with zero attached hydrogens (tertiary/aromatic N) is 5. The Balaban J connectivity index is 1.46. The molecule has 0 saturated carbocycles. The summed E-state index contributed by atoms with van der Waals surface area (Å²) >= 11 is 1.63. The molecule has 196 valence electrons. The fraction of sp³-hybridized carbons (Fsp3) is 0.385. The van der Waals surface area contributed by atoms with Crippen LogP contribution in [0.2, 0.25) is 0 Å². The lowest BCUT2D eigenvalue weighted by Gasteiger charge is -2.29. The van der Waals surface area contributed by atoms with Gasteiger partial charge in [0.15, 0.2) is 5.16 Å². The Morgan fingerprint density at radius 1 is 1.24 bits per heavy atom. The zero-order valence-corrected chi connectivity index (χ0v) is 22.1. The number of thioether (sulfide) groups is 1. The second kappa shape index (κ2) is 13.1. The van der Waals surface area contributed by atoms with Crippen molar-refractivity contribution in [3.63, 3.8) is 0 Å². The first-order chi connectivity index (χ1) is 18.1. The Kier molecular flexibility index (Phi) is 9.39. The average Bonchev–Trinajstić information content (AvgIpc) is 3.29. The Bertz CT molecular complexity index is 1210. The third-order valence-electron chi connectivity index (χ3n) is 5.81. The molecule has 0 bridgehead atoms. The molecule has 3 aromatic rings. The summed E-state index contributed by atoms with van der Waals surface area (Å²) in [4.78, 5) is 19.1. The fourth-order valence-electron chi connectivity index (χ4n) is 3.90. The van der Waals surface area contributed by atoms with Gasteiger partial charge in [0.2, 0.25) is 0 Å². The predicted molar refractivity (Wildman–Crippen MR) is 146 cm³/mol. The van der Waals surface area contributed by atoms with Gasteiger partial charge in [-0.3, -0.25) is 5.32 Å². The van der Waals surface area contributed by atoms with Crippen LogP contribution >= 0.6 is 11.8 Å². The molecule has 3 heterocycles. The van der Waals surface area contributed by atoms with Gasteiger partial charge in [0.1, 0.15) is 18.2 Å². The van der Waals surface area contributed by atoms with Crippen LogP contribution in [0.4, 0.5) is 22.0 Å². The molecule has 0 radical (unpaired) electrons. The summed E-state index contributed by atoms with van der Waals surface area (Å²) in [5, 5.41) is 15.6. The first-order valence-electron chi connectivity index (χ1n) is 12.3. The number of anilines is 3. The zero-order chi connectivity index (χ0) is 26.0. The van der Waals surface area contributed by atoms with Crippen LogP contribution in [0, 0.1) is 0 Å². The van der Waals surface area contributed by atoms with Crippen molar-refractivity contribution in [2.24, 2.45) is 7.05 Å². The van der Waals surface area contributed by atoms with Crippen molar-refractivity contribution >= 4 is 35.0 Å². The Morgan fingerprint density at radius 3 is 2.84 bits per heavy atom. The quantitative estimate of drug-likeness (QED) is 0.282. The van der Waals surface area contributed by atoms with Gasteiger partial charge < -0.3 is 24.3 Å². The minimum absolute atomic E-state index is 0.162. The number of carbonyl (C=O) groups is 1. The molecule has 0 spiro atoms. The van der Waals surface area contributed by atoms with Gasteiger partial charge in [-0.2, -0.15) is 0 Å². The van der Waals surface area contributed by atoms with Crippen LogP contribution in [-0.2, 0) is 35.2 Å². The van der Waals surface area contributed by atoms with Crippen LogP contribution < -0.4 is 15.5 Å².